The van der Waals surface area contributed by atoms with E-state index in [-0.39, 0.29) is 12.6 Å². The van der Waals surface area contributed by atoms with E-state index in [1.807, 2.05) is 4.68 Å². The largest absolute Gasteiger partial charge is 0.481 e. The van der Waals surface area contributed by atoms with Crippen LogP contribution in [0.15, 0.2) is 12.1 Å². The first-order chi connectivity index (χ1) is 11.1. The van der Waals surface area contributed by atoms with Gasteiger partial charge in [0.2, 0.25) is 5.88 Å². The fraction of sp³-hybridized carbons (Fsp3) is 0.500. The zero-order chi connectivity index (χ0) is 16.4. The van der Waals surface area contributed by atoms with Crippen LogP contribution in [0.5, 0.6) is 11.9 Å². The third-order valence-corrected chi connectivity index (χ3v) is 3.72. The highest BCUT2D eigenvalue weighted by atomic mass is 16.5. The Kier molecular flexibility index (Phi) is 4.30. The molecule has 0 radical (unpaired) electrons. The van der Waals surface area contributed by atoms with Gasteiger partial charge >= 0.3 is 6.01 Å². The summed E-state index contributed by atoms with van der Waals surface area (Å²) in [7, 11) is 3.05. The Balaban J connectivity index is 1.85. The Bertz CT molecular complexity index is 668. The number of nitrogens with zero attached hydrogens (tertiary/aromatic N) is 5. The Hall–Kier alpha value is -2.39. The van der Waals surface area contributed by atoms with Gasteiger partial charge < -0.3 is 24.6 Å². The van der Waals surface area contributed by atoms with Crippen molar-refractivity contribution in [3.63, 3.8) is 0 Å². The van der Waals surface area contributed by atoms with E-state index in [1.165, 1.54) is 7.11 Å². The van der Waals surface area contributed by atoms with Gasteiger partial charge in [0.1, 0.15) is 11.9 Å². The zero-order valence-corrected chi connectivity index (χ0v) is 13.0. The molecule has 1 aliphatic heterocycles. The van der Waals surface area contributed by atoms with Crippen molar-refractivity contribution in [3.05, 3.63) is 23.5 Å². The van der Waals surface area contributed by atoms with E-state index in [2.05, 4.69) is 20.0 Å². The summed E-state index contributed by atoms with van der Waals surface area (Å²) in [6.07, 6.45) is -0.958. The lowest BCUT2D eigenvalue weighted by Gasteiger charge is -2.28. The van der Waals surface area contributed by atoms with Crippen LogP contribution in [0, 0.1) is 0 Å². The number of methoxy groups -OCH3 is 2. The van der Waals surface area contributed by atoms with Crippen molar-refractivity contribution in [3.8, 4) is 11.9 Å². The van der Waals surface area contributed by atoms with Crippen LogP contribution in [0.1, 0.15) is 17.5 Å². The maximum atomic E-state index is 9.70. The quantitative estimate of drug-likeness (QED) is 0.776. The summed E-state index contributed by atoms with van der Waals surface area (Å²) in [5.74, 6) is 1.13. The second kappa shape index (κ2) is 6.39. The van der Waals surface area contributed by atoms with Crippen LogP contribution < -0.4 is 14.4 Å². The van der Waals surface area contributed by atoms with E-state index in [0.717, 1.165) is 5.69 Å². The van der Waals surface area contributed by atoms with Crippen LogP contribution in [-0.4, -0.2) is 57.3 Å². The molecule has 2 aromatic rings. The summed E-state index contributed by atoms with van der Waals surface area (Å²) >= 11 is 0. The summed E-state index contributed by atoms with van der Waals surface area (Å²) in [6, 6.07) is 3.79. The highest BCUT2D eigenvalue weighted by Gasteiger charge is 2.22. The molecule has 3 heterocycles. The van der Waals surface area contributed by atoms with Gasteiger partial charge in [-0.2, -0.15) is 15.1 Å². The fourth-order valence-electron chi connectivity index (χ4n) is 2.49. The number of anilines is 1. The van der Waals surface area contributed by atoms with Crippen LogP contribution in [0.3, 0.4) is 0 Å². The van der Waals surface area contributed by atoms with Gasteiger partial charge in [-0.05, 0) is 6.07 Å². The smallest absolute Gasteiger partial charge is 0.321 e. The molecule has 0 bridgehead atoms. The topological polar surface area (TPSA) is 106 Å². The molecule has 23 heavy (non-hydrogen) atoms. The van der Waals surface area contributed by atoms with Gasteiger partial charge in [-0.15, -0.1) is 0 Å². The Labute approximate surface area is 133 Å². The number of aromatic nitrogens is 4. The minimum absolute atomic E-state index is 0.245. The van der Waals surface area contributed by atoms with E-state index < -0.39 is 6.10 Å². The van der Waals surface area contributed by atoms with Gasteiger partial charge in [0.15, 0.2) is 0 Å². The molecule has 0 saturated heterocycles. The Morgan fingerprint density at radius 3 is 2.74 bits per heavy atom. The molecule has 0 amide bonds. The maximum Gasteiger partial charge on any atom is 0.321 e. The maximum absolute atomic E-state index is 9.70. The lowest BCUT2D eigenvalue weighted by molar-refractivity contribution is 0.0916. The SMILES string of the molecule is COc1cc(N2CCn3nc([C@@H](O)CO)cc3C2)nc(OC)n1. The summed E-state index contributed by atoms with van der Waals surface area (Å²) < 4.78 is 12.1. The molecule has 0 unspecified atom stereocenters. The van der Waals surface area contributed by atoms with Crippen molar-refractivity contribution in [2.45, 2.75) is 19.2 Å². The summed E-state index contributed by atoms with van der Waals surface area (Å²) in [6.45, 7) is 1.59. The van der Waals surface area contributed by atoms with E-state index in [4.69, 9.17) is 14.6 Å². The van der Waals surface area contributed by atoms with Crippen molar-refractivity contribution in [2.24, 2.45) is 0 Å². The van der Waals surface area contributed by atoms with Crippen LogP contribution in [-0.2, 0) is 13.1 Å². The lowest BCUT2D eigenvalue weighted by atomic mass is 10.2. The molecule has 1 aliphatic rings. The highest BCUT2D eigenvalue weighted by molar-refractivity contribution is 5.44. The van der Waals surface area contributed by atoms with Crippen LogP contribution in [0.25, 0.3) is 0 Å². The standard InChI is InChI=1S/C14H19N5O4/c1-22-13-6-12(15-14(16-13)23-2)18-3-4-19-9(7-18)5-10(17-19)11(21)8-20/h5-6,11,20-21H,3-4,7-8H2,1-2H3/t11-/m0/s1. The van der Waals surface area contributed by atoms with Crippen molar-refractivity contribution in [2.75, 3.05) is 32.3 Å². The molecule has 9 heteroatoms. The number of aliphatic hydroxyl groups excluding tert-OH is 2. The van der Waals surface area contributed by atoms with Crippen molar-refractivity contribution >= 4 is 5.82 Å². The average molecular weight is 321 g/mol. The number of rotatable bonds is 5. The Morgan fingerprint density at radius 1 is 1.22 bits per heavy atom. The predicted molar refractivity (Wildman–Crippen MR) is 80.5 cm³/mol. The molecular formula is C14H19N5O4. The van der Waals surface area contributed by atoms with Crippen LogP contribution in [0.4, 0.5) is 5.82 Å². The van der Waals surface area contributed by atoms with Crippen molar-refractivity contribution in [1.29, 1.82) is 0 Å². The number of aliphatic hydroxyl groups is 2. The van der Waals surface area contributed by atoms with E-state index in [9.17, 15) is 5.11 Å². The van der Waals surface area contributed by atoms with Gasteiger partial charge in [-0.3, -0.25) is 4.68 Å². The molecule has 0 fully saturated rings. The summed E-state index contributed by atoms with van der Waals surface area (Å²) in [5, 5.41) is 23.1. The molecule has 0 saturated carbocycles. The van der Waals surface area contributed by atoms with Crippen LogP contribution >= 0.6 is 0 Å². The number of ether oxygens (including phenoxy) is 2. The van der Waals surface area contributed by atoms with E-state index in [1.54, 1.807) is 19.2 Å². The molecule has 0 spiro atoms. The van der Waals surface area contributed by atoms with Crippen molar-refractivity contribution < 1.29 is 19.7 Å². The normalized spacial score (nSPS) is 15.2. The van der Waals surface area contributed by atoms with Gasteiger partial charge in [0.05, 0.1) is 45.3 Å². The monoisotopic (exact) mass is 321 g/mol. The third kappa shape index (κ3) is 3.06. The third-order valence-electron chi connectivity index (χ3n) is 3.72. The van der Waals surface area contributed by atoms with Gasteiger partial charge in [0, 0.05) is 12.6 Å². The molecule has 0 aliphatic carbocycles. The minimum Gasteiger partial charge on any atom is -0.481 e. The first-order valence-corrected chi connectivity index (χ1v) is 7.22. The lowest BCUT2D eigenvalue weighted by Crippen LogP contribution is -2.34. The van der Waals surface area contributed by atoms with Crippen molar-refractivity contribution in [1.82, 2.24) is 19.7 Å². The first kappa shape index (κ1) is 15.5. The summed E-state index contributed by atoms with van der Waals surface area (Å²) in [5.41, 5.74) is 1.41. The van der Waals surface area contributed by atoms with Gasteiger partial charge in [0.25, 0.3) is 0 Å². The number of hydrogen-bond acceptors (Lipinski definition) is 8. The second-order valence-electron chi connectivity index (χ2n) is 5.16. The minimum atomic E-state index is -0.958. The molecule has 0 aromatic carbocycles. The van der Waals surface area contributed by atoms with Gasteiger partial charge in [-0.25, -0.2) is 0 Å². The number of fused-ring (bicyclic) bond motifs is 1. The highest BCUT2D eigenvalue weighted by Crippen LogP contribution is 2.25. The predicted octanol–water partition coefficient (Wildman–Crippen LogP) is -0.264. The fourth-order valence-corrected chi connectivity index (χ4v) is 2.49. The van der Waals surface area contributed by atoms with Gasteiger partial charge in [-0.1, -0.05) is 0 Å². The van der Waals surface area contributed by atoms with E-state index >= 15 is 0 Å². The Morgan fingerprint density at radius 2 is 2.04 bits per heavy atom. The molecule has 1 atom stereocenters. The molecular weight excluding hydrogens is 302 g/mol. The second-order valence-corrected chi connectivity index (χ2v) is 5.16. The summed E-state index contributed by atoms with van der Waals surface area (Å²) in [4.78, 5) is 10.5. The van der Waals surface area contributed by atoms with Crippen LogP contribution in [0.2, 0.25) is 0 Å². The number of hydrogen-bond donors (Lipinski definition) is 2. The molecule has 3 rings (SSSR count). The molecule has 124 valence electrons. The average Bonchev–Trinajstić information content (AvgIpc) is 3.03. The zero-order valence-electron chi connectivity index (χ0n) is 13.0. The molecule has 2 aromatic heterocycles. The first-order valence-electron chi connectivity index (χ1n) is 7.22. The van der Waals surface area contributed by atoms with E-state index in [0.29, 0.717) is 37.0 Å². The molecule has 2 N–H and O–H groups in total. The molecule has 9 nitrogen and oxygen atoms in total.